The molecule has 0 saturated carbocycles. The summed E-state index contributed by atoms with van der Waals surface area (Å²) in [6.45, 7) is 6.18. The zero-order chi connectivity index (χ0) is 10.6. The lowest BCUT2D eigenvalue weighted by molar-refractivity contribution is 0.640. The van der Waals surface area contributed by atoms with Gasteiger partial charge in [-0.3, -0.25) is 0 Å². The maximum absolute atomic E-state index is 5.93. The quantitative estimate of drug-likeness (QED) is 0.611. The number of rotatable bonds is 4. The van der Waals surface area contributed by atoms with Crippen molar-refractivity contribution in [2.45, 2.75) is 43.6 Å². The Kier molecular flexibility index (Phi) is 4.35. The van der Waals surface area contributed by atoms with E-state index in [0.717, 1.165) is 17.3 Å². The Balaban J connectivity index is 2.60. The Morgan fingerprint density at radius 2 is 2.29 bits per heavy atom. The summed E-state index contributed by atoms with van der Waals surface area (Å²) >= 11 is 1.64. The van der Waals surface area contributed by atoms with Crippen LogP contribution in [0.5, 0.6) is 0 Å². The van der Waals surface area contributed by atoms with Crippen molar-refractivity contribution in [1.82, 2.24) is 9.97 Å². The lowest BCUT2D eigenvalue weighted by Gasteiger charge is -2.16. The van der Waals surface area contributed by atoms with Gasteiger partial charge in [0.15, 0.2) is 5.16 Å². The molecule has 0 saturated heterocycles. The van der Waals surface area contributed by atoms with Crippen molar-refractivity contribution in [3.05, 3.63) is 18.0 Å². The second kappa shape index (κ2) is 5.32. The molecule has 1 heterocycles. The molecule has 0 aromatic carbocycles. The van der Waals surface area contributed by atoms with E-state index in [2.05, 4.69) is 23.8 Å². The average Bonchev–Trinajstić information content (AvgIpc) is 2.16. The van der Waals surface area contributed by atoms with Crippen LogP contribution in [-0.2, 0) is 0 Å². The van der Waals surface area contributed by atoms with Crippen LogP contribution in [0.4, 0.5) is 0 Å². The van der Waals surface area contributed by atoms with Crippen molar-refractivity contribution in [1.29, 1.82) is 0 Å². The molecule has 2 unspecified atom stereocenters. The Morgan fingerprint density at radius 1 is 1.57 bits per heavy atom. The molecule has 0 aliphatic carbocycles. The van der Waals surface area contributed by atoms with Crippen LogP contribution in [0.1, 0.15) is 26.0 Å². The minimum atomic E-state index is 0.212. The standard InChI is InChI=1S/C10H17N3S/c1-4-9(11)8(3)14-10-12-6-5-7(2)13-10/h5-6,8-9H,4,11H2,1-3H3. The fourth-order valence-electron chi connectivity index (χ4n) is 1.07. The summed E-state index contributed by atoms with van der Waals surface area (Å²) in [5, 5.41) is 1.18. The topological polar surface area (TPSA) is 51.8 Å². The van der Waals surface area contributed by atoms with Gasteiger partial charge in [-0.1, -0.05) is 25.6 Å². The average molecular weight is 211 g/mol. The van der Waals surface area contributed by atoms with Gasteiger partial charge < -0.3 is 5.73 Å². The summed E-state index contributed by atoms with van der Waals surface area (Å²) in [5.74, 6) is 0. The number of aryl methyl sites for hydroxylation is 1. The van der Waals surface area contributed by atoms with Crippen molar-refractivity contribution in [3.8, 4) is 0 Å². The first kappa shape index (κ1) is 11.5. The van der Waals surface area contributed by atoms with E-state index in [1.165, 1.54) is 0 Å². The molecular weight excluding hydrogens is 194 g/mol. The highest BCUT2D eigenvalue weighted by molar-refractivity contribution is 7.99. The number of nitrogens with zero attached hydrogens (tertiary/aromatic N) is 2. The summed E-state index contributed by atoms with van der Waals surface area (Å²) in [5.41, 5.74) is 6.93. The van der Waals surface area contributed by atoms with Gasteiger partial charge in [0.1, 0.15) is 0 Å². The molecule has 2 atom stereocenters. The smallest absolute Gasteiger partial charge is 0.188 e. The molecule has 0 aliphatic heterocycles. The fourth-order valence-corrected chi connectivity index (χ4v) is 2.09. The number of nitrogens with two attached hydrogens (primary N) is 1. The van der Waals surface area contributed by atoms with E-state index in [0.29, 0.717) is 5.25 Å². The van der Waals surface area contributed by atoms with Crippen LogP contribution in [0.3, 0.4) is 0 Å². The van der Waals surface area contributed by atoms with Crippen molar-refractivity contribution in [2.24, 2.45) is 5.73 Å². The zero-order valence-electron chi connectivity index (χ0n) is 8.90. The van der Waals surface area contributed by atoms with E-state index < -0.39 is 0 Å². The van der Waals surface area contributed by atoms with Gasteiger partial charge >= 0.3 is 0 Å². The van der Waals surface area contributed by atoms with Crippen molar-refractivity contribution in [3.63, 3.8) is 0 Å². The molecule has 0 bridgehead atoms. The third kappa shape index (κ3) is 3.27. The Hall–Kier alpha value is -0.610. The highest BCUT2D eigenvalue weighted by atomic mass is 32.2. The summed E-state index contributed by atoms with van der Waals surface area (Å²) < 4.78 is 0. The molecule has 0 fully saturated rings. The SMILES string of the molecule is CCC(N)C(C)Sc1nccc(C)n1. The number of hydrogen-bond donors (Lipinski definition) is 1. The van der Waals surface area contributed by atoms with Crippen LogP contribution >= 0.6 is 11.8 Å². The summed E-state index contributed by atoms with van der Waals surface area (Å²) in [7, 11) is 0. The number of thioether (sulfide) groups is 1. The fraction of sp³-hybridized carbons (Fsp3) is 0.600. The minimum absolute atomic E-state index is 0.212. The van der Waals surface area contributed by atoms with Crippen molar-refractivity contribution < 1.29 is 0 Å². The predicted molar refractivity (Wildman–Crippen MR) is 60.4 cm³/mol. The Morgan fingerprint density at radius 3 is 2.86 bits per heavy atom. The van der Waals surface area contributed by atoms with Crippen molar-refractivity contribution in [2.75, 3.05) is 0 Å². The molecule has 4 heteroatoms. The van der Waals surface area contributed by atoms with Crippen LogP contribution in [0.25, 0.3) is 0 Å². The first-order chi connectivity index (χ1) is 6.63. The lowest BCUT2D eigenvalue weighted by atomic mass is 10.2. The summed E-state index contributed by atoms with van der Waals surface area (Å²) in [4.78, 5) is 8.52. The van der Waals surface area contributed by atoms with Crippen LogP contribution in [0.2, 0.25) is 0 Å². The second-order valence-electron chi connectivity index (χ2n) is 3.38. The Bertz CT molecular complexity index is 290. The van der Waals surface area contributed by atoms with E-state index in [9.17, 15) is 0 Å². The monoisotopic (exact) mass is 211 g/mol. The lowest BCUT2D eigenvalue weighted by Crippen LogP contribution is -2.29. The summed E-state index contributed by atoms with van der Waals surface area (Å²) in [6, 6.07) is 2.11. The van der Waals surface area contributed by atoms with Crippen LogP contribution in [0.15, 0.2) is 17.4 Å². The molecular formula is C10H17N3S. The van der Waals surface area contributed by atoms with Gasteiger partial charge in [0.2, 0.25) is 0 Å². The molecule has 0 spiro atoms. The van der Waals surface area contributed by atoms with E-state index in [1.807, 2.05) is 13.0 Å². The van der Waals surface area contributed by atoms with Crippen LogP contribution < -0.4 is 5.73 Å². The third-order valence-corrected chi connectivity index (χ3v) is 3.27. The first-order valence-electron chi connectivity index (χ1n) is 4.85. The van der Waals surface area contributed by atoms with Crippen LogP contribution in [-0.4, -0.2) is 21.3 Å². The van der Waals surface area contributed by atoms with Gasteiger partial charge in [-0.25, -0.2) is 9.97 Å². The van der Waals surface area contributed by atoms with E-state index in [1.54, 1.807) is 18.0 Å². The minimum Gasteiger partial charge on any atom is -0.327 e. The normalized spacial score (nSPS) is 15.1. The van der Waals surface area contributed by atoms with Gasteiger partial charge in [-0.05, 0) is 19.4 Å². The van der Waals surface area contributed by atoms with E-state index >= 15 is 0 Å². The highest BCUT2D eigenvalue weighted by Crippen LogP contribution is 2.21. The van der Waals surface area contributed by atoms with Gasteiger partial charge in [0.25, 0.3) is 0 Å². The van der Waals surface area contributed by atoms with Gasteiger partial charge in [-0.2, -0.15) is 0 Å². The summed E-state index contributed by atoms with van der Waals surface area (Å²) in [6.07, 6.45) is 2.77. The molecule has 0 amide bonds. The third-order valence-electron chi connectivity index (χ3n) is 2.14. The van der Waals surface area contributed by atoms with Gasteiger partial charge in [0, 0.05) is 23.2 Å². The highest BCUT2D eigenvalue weighted by Gasteiger charge is 2.13. The zero-order valence-corrected chi connectivity index (χ0v) is 9.71. The molecule has 0 aliphatic rings. The molecule has 1 aromatic rings. The molecule has 2 N–H and O–H groups in total. The van der Waals surface area contributed by atoms with E-state index in [-0.39, 0.29) is 6.04 Å². The van der Waals surface area contributed by atoms with Crippen LogP contribution in [0, 0.1) is 6.92 Å². The molecule has 78 valence electrons. The maximum Gasteiger partial charge on any atom is 0.188 e. The second-order valence-corrected chi connectivity index (χ2v) is 4.72. The molecule has 0 radical (unpaired) electrons. The first-order valence-corrected chi connectivity index (χ1v) is 5.73. The number of aromatic nitrogens is 2. The molecule has 1 aromatic heterocycles. The number of hydrogen-bond acceptors (Lipinski definition) is 4. The molecule has 1 rings (SSSR count). The maximum atomic E-state index is 5.93. The Labute approximate surface area is 89.5 Å². The van der Waals surface area contributed by atoms with Gasteiger partial charge in [0.05, 0.1) is 0 Å². The molecule has 14 heavy (non-hydrogen) atoms. The predicted octanol–water partition coefficient (Wildman–Crippen LogP) is 2.00. The van der Waals surface area contributed by atoms with Gasteiger partial charge in [-0.15, -0.1) is 0 Å². The largest absolute Gasteiger partial charge is 0.327 e. The van der Waals surface area contributed by atoms with E-state index in [4.69, 9.17) is 5.73 Å². The molecule has 3 nitrogen and oxygen atoms in total. The van der Waals surface area contributed by atoms with Crippen molar-refractivity contribution >= 4 is 11.8 Å².